The van der Waals surface area contributed by atoms with Crippen LogP contribution in [-0.2, 0) is 10.0 Å². The van der Waals surface area contributed by atoms with Crippen molar-refractivity contribution in [2.45, 2.75) is 23.8 Å². The predicted molar refractivity (Wildman–Crippen MR) is 80.8 cm³/mol. The second-order valence-corrected chi connectivity index (χ2v) is 7.13. The van der Waals surface area contributed by atoms with Gasteiger partial charge in [0.1, 0.15) is 16.8 Å². The van der Waals surface area contributed by atoms with Gasteiger partial charge in [-0.2, -0.15) is 4.31 Å². The molecule has 122 valence electrons. The molecule has 1 aromatic heterocycles. The molecule has 1 fully saturated rings. The van der Waals surface area contributed by atoms with Crippen LogP contribution >= 0.6 is 0 Å². The fourth-order valence-corrected chi connectivity index (χ4v) is 4.10. The van der Waals surface area contributed by atoms with Gasteiger partial charge >= 0.3 is 0 Å². The van der Waals surface area contributed by atoms with Gasteiger partial charge in [0.25, 0.3) is 0 Å². The van der Waals surface area contributed by atoms with E-state index in [2.05, 4.69) is 9.97 Å². The lowest BCUT2D eigenvalue weighted by Crippen LogP contribution is -2.44. The van der Waals surface area contributed by atoms with Gasteiger partial charge in [-0.3, -0.25) is 4.98 Å². The van der Waals surface area contributed by atoms with Gasteiger partial charge in [0.15, 0.2) is 0 Å². The van der Waals surface area contributed by atoms with Crippen molar-refractivity contribution in [3.63, 3.8) is 0 Å². The molecule has 0 spiro atoms. The summed E-state index contributed by atoms with van der Waals surface area (Å²) in [7, 11) is -3.88. The van der Waals surface area contributed by atoms with Crippen molar-refractivity contribution >= 4 is 10.0 Å². The molecule has 2 aromatic rings. The lowest BCUT2D eigenvalue weighted by molar-refractivity contribution is 0.124. The van der Waals surface area contributed by atoms with E-state index in [9.17, 15) is 12.8 Å². The van der Waals surface area contributed by atoms with Crippen LogP contribution in [0.2, 0.25) is 0 Å². The van der Waals surface area contributed by atoms with Crippen LogP contribution in [0.15, 0.2) is 47.8 Å². The third-order valence-corrected chi connectivity index (χ3v) is 5.52. The van der Waals surface area contributed by atoms with E-state index in [4.69, 9.17) is 4.74 Å². The number of nitrogens with zero attached hydrogens (tertiary/aromatic N) is 3. The molecule has 0 saturated carbocycles. The van der Waals surface area contributed by atoms with E-state index < -0.39 is 15.8 Å². The molecular weight excluding hydrogens is 321 g/mol. The minimum absolute atomic E-state index is 0.160. The van der Waals surface area contributed by atoms with Gasteiger partial charge in [-0.05, 0) is 25.0 Å². The minimum Gasteiger partial charge on any atom is -0.472 e. The van der Waals surface area contributed by atoms with Crippen molar-refractivity contribution in [3.8, 4) is 5.88 Å². The lowest BCUT2D eigenvalue weighted by atomic mass is 10.1. The Labute approximate surface area is 134 Å². The molecule has 1 saturated heterocycles. The molecule has 1 aliphatic heterocycles. The molecule has 0 radical (unpaired) electrons. The van der Waals surface area contributed by atoms with Crippen molar-refractivity contribution in [3.05, 3.63) is 48.7 Å². The number of rotatable bonds is 4. The molecule has 1 aromatic carbocycles. The third-order valence-electron chi connectivity index (χ3n) is 3.62. The standard InChI is InChI=1S/C15H16FN3O3S/c16-13-5-1-2-6-14(13)23(20,21)19-9-3-4-12(11-19)22-15-10-17-7-8-18-15/h1-2,5-8,10,12H,3-4,9,11H2. The van der Waals surface area contributed by atoms with E-state index in [1.165, 1.54) is 41.1 Å². The monoisotopic (exact) mass is 337 g/mol. The number of benzene rings is 1. The van der Waals surface area contributed by atoms with Crippen LogP contribution in [0.1, 0.15) is 12.8 Å². The number of halogens is 1. The van der Waals surface area contributed by atoms with Crippen molar-refractivity contribution < 1.29 is 17.5 Å². The molecule has 23 heavy (non-hydrogen) atoms. The average molecular weight is 337 g/mol. The molecule has 0 amide bonds. The Balaban J connectivity index is 1.77. The van der Waals surface area contributed by atoms with Gasteiger partial charge in [-0.25, -0.2) is 17.8 Å². The van der Waals surface area contributed by atoms with E-state index in [1.54, 1.807) is 0 Å². The summed E-state index contributed by atoms with van der Waals surface area (Å²) in [6.07, 6.45) is 5.53. The Kier molecular flexibility index (Phi) is 4.53. The molecule has 6 nitrogen and oxygen atoms in total. The minimum atomic E-state index is -3.88. The number of hydrogen-bond donors (Lipinski definition) is 0. The first-order chi connectivity index (χ1) is 11.1. The topological polar surface area (TPSA) is 72.4 Å². The summed E-state index contributed by atoms with van der Waals surface area (Å²) in [6, 6.07) is 5.39. The molecule has 2 heterocycles. The van der Waals surface area contributed by atoms with Crippen LogP contribution in [0.5, 0.6) is 5.88 Å². The van der Waals surface area contributed by atoms with Crippen molar-refractivity contribution in [1.82, 2.24) is 14.3 Å². The zero-order valence-corrected chi connectivity index (χ0v) is 13.1. The zero-order chi connectivity index (χ0) is 16.3. The second kappa shape index (κ2) is 6.59. The van der Waals surface area contributed by atoms with Crippen molar-refractivity contribution in [2.75, 3.05) is 13.1 Å². The lowest BCUT2D eigenvalue weighted by Gasteiger charge is -2.31. The van der Waals surface area contributed by atoms with Crippen molar-refractivity contribution in [1.29, 1.82) is 0 Å². The Morgan fingerprint density at radius 2 is 2.09 bits per heavy atom. The number of ether oxygens (including phenoxy) is 1. The number of sulfonamides is 1. The maximum atomic E-state index is 13.8. The fraction of sp³-hybridized carbons (Fsp3) is 0.333. The van der Waals surface area contributed by atoms with Crippen LogP contribution in [0.25, 0.3) is 0 Å². The van der Waals surface area contributed by atoms with Gasteiger partial charge in [0.05, 0.1) is 12.7 Å². The highest BCUT2D eigenvalue weighted by atomic mass is 32.2. The summed E-state index contributed by atoms with van der Waals surface area (Å²) in [5.74, 6) is -0.396. The molecule has 1 unspecified atom stereocenters. The van der Waals surface area contributed by atoms with Crippen LogP contribution in [0.4, 0.5) is 4.39 Å². The maximum absolute atomic E-state index is 13.8. The maximum Gasteiger partial charge on any atom is 0.246 e. The SMILES string of the molecule is O=S(=O)(c1ccccc1F)N1CCCC(Oc2cnccn2)C1. The second-order valence-electron chi connectivity index (χ2n) is 5.22. The molecule has 3 rings (SSSR count). The smallest absolute Gasteiger partial charge is 0.246 e. The third kappa shape index (κ3) is 3.48. The van der Waals surface area contributed by atoms with E-state index in [1.807, 2.05) is 0 Å². The van der Waals surface area contributed by atoms with Gasteiger partial charge in [0.2, 0.25) is 15.9 Å². The van der Waals surface area contributed by atoms with E-state index in [-0.39, 0.29) is 17.5 Å². The highest BCUT2D eigenvalue weighted by molar-refractivity contribution is 7.89. The van der Waals surface area contributed by atoms with Gasteiger partial charge in [-0.1, -0.05) is 12.1 Å². The Morgan fingerprint density at radius 3 is 2.83 bits per heavy atom. The molecule has 0 bridgehead atoms. The average Bonchev–Trinajstić information content (AvgIpc) is 2.56. The predicted octanol–water partition coefficient (Wildman–Crippen LogP) is 1.85. The number of aromatic nitrogens is 2. The fourth-order valence-electron chi connectivity index (χ4n) is 2.53. The Bertz CT molecular complexity index is 771. The van der Waals surface area contributed by atoms with Gasteiger partial charge < -0.3 is 4.74 Å². The molecule has 1 atom stereocenters. The summed E-state index contributed by atoms with van der Waals surface area (Å²) < 4.78 is 46.0. The molecule has 0 aliphatic carbocycles. The normalized spacial score (nSPS) is 19.4. The summed E-state index contributed by atoms with van der Waals surface area (Å²) in [5.41, 5.74) is 0. The molecule has 0 N–H and O–H groups in total. The first kappa shape index (κ1) is 15.8. The summed E-state index contributed by atoms with van der Waals surface area (Å²) in [4.78, 5) is 7.62. The van der Waals surface area contributed by atoms with Crippen LogP contribution in [-0.4, -0.2) is 41.9 Å². The summed E-state index contributed by atoms with van der Waals surface area (Å²) >= 11 is 0. The largest absolute Gasteiger partial charge is 0.472 e. The number of hydrogen-bond acceptors (Lipinski definition) is 5. The van der Waals surface area contributed by atoms with E-state index >= 15 is 0 Å². The van der Waals surface area contributed by atoms with Crippen LogP contribution < -0.4 is 4.74 Å². The Hall–Kier alpha value is -2.06. The van der Waals surface area contributed by atoms with Gasteiger partial charge in [0, 0.05) is 18.9 Å². The van der Waals surface area contributed by atoms with E-state index in [0.29, 0.717) is 25.3 Å². The molecular formula is C15H16FN3O3S. The van der Waals surface area contributed by atoms with Crippen LogP contribution in [0.3, 0.4) is 0 Å². The number of piperidine rings is 1. The Morgan fingerprint density at radius 1 is 1.26 bits per heavy atom. The quantitative estimate of drug-likeness (QED) is 0.851. The van der Waals surface area contributed by atoms with Crippen LogP contribution in [0, 0.1) is 5.82 Å². The molecule has 8 heteroatoms. The van der Waals surface area contributed by atoms with E-state index in [0.717, 1.165) is 6.07 Å². The van der Waals surface area contributed by atoms with Crippen molar-refractivity contribution in [2.24, 2.45) is 0 Å². The first-order valence-electron chi connectivity index (χ1n) is 7.25. The summed E-state index contributed by atoms with van der Waals surface area (Å²) in [5, 5.41) is 0. The zero-order valence-electron chi connectivity index (χ0n) is 12.3. The highest BCUT2D eigenvalue weighted by Gasteiger charge is 2.32. The summed E-state index contributed by atoms with van der Waals surface area (Å²) in [6.45, 7) is 0.504. The molecule has 1 aliphatic rings. The first-order valence-corrected chi connectivity index (χ1v) is 8.69. The highest BCUT2D eigenvalue weighted by Crippen LogP contribution is 2.24. The van der Waals surface area contributed by atoms with Gasteiger partial charge in [-0.15, -0.1) is 0 Å².